The van der Waals surface area contributed by atoms with E-state index in [1.54, 1.807) is 0 Å². The number of esters is 1. The second-order valence-corrected chi connectivity index (χ2v) is 5.23. The molecule has 112 valence electrons. The van der Waals surface area contributed by atoms with Crippen LogP contribution in [-0.4, -0.2) is 23.1 Å². The fourth-order valence-electron chi connectivity index (χ4n) is 2.50. The molecular formula is C16H19NO4. The molecule has 1 aromatic carbocycles. The quantitative estimate of drug-likeness (QED) is 0.652. The Morgan fingerprint density at radius 1 is 1.33 bits per heavy atom. The van der Waals surface area contributed by atoms with Crippen LogP contribution in [0.25, 0.3) is 0 Å². The first-order chi connectivity index (χ1) is 10.1. The van der Waals surface area contributed by atoms with Crippen molar-refractivity contribution in [2.45, 2.75) is 31.9 Å². The summed E-state index contributed by atoms with van der Waals surface area (Å²) in [7, 11) is 0. The van der Waals surface area contributed by atoms with E-state index in [0.29, 0.717) is 24.8 Å². The number of benzene rings is 1. The van der Waals surface area contributed by atoms with Gasteiger partial charge in [-0.1, -0.05) is 30.3 Å². The summed E-state index contributed by atoms with van der Waals surface area (Å²) in [4.78, 5) is 22.7. The molecule has 0 heterocycles. The first kappa shape index (κ1) is 15.3. The standard InChI is InChI=1S/C16H19NO4/c17-14-8-13(7-6-12(14)9-15(18)19)16(20)21-10-11-4-2-1-3-5-11/h1-5,9,13-14H,6-8,10,17H2,(H,18,19). The van der Waals surface area contributed by atoms with Crippen LogP contribution in [0.5, 0.6) is 0 Å². The molecular weight excluding hydrogens is 270 g/mol. The van der Waals surface area contributed by atoms with Gasteiger partial charge in [-0.05, 0) is 30.4 Å². The molecule has 1 aromatic rings. The van der Waals surface area contributed by atoms with E-state index in [2.05, 4.69) is 0 Å². The van der Waals surface area contributed by atoms with Crippen LogP contribution in [0.15, 0.2) is 42.0 Å². The zero-order valence-corrected chi connectivity index (χ0v) is 11.7. The summed E-state index contributed by atoms with van der Waals surface area (Å²) < 4.78 is 5.30. The molecule has 2 atom stereocenters. The molecule has 5 nitrogen and oxygen atoms in total. The highest BCUT2D eigenvalue weighted by Gasteiger charge is 2.29. The number of rotatable bonds is 4. The van der Waals surface area contributed by atoms with Crippen molar-refractivity contribution in [2.75, 3.05) is 0 Å². The van der Waals surface area contributed by atoms with Crippen molar-refractivity contribution in [3.63, 3.8) is 0 Å². The molecule has 0 spiro atoms. The van der Waals surface area contributed by atoms with Crippen LogP contribution >= 0.6 is 0 Å². The van der Waals surface area contributed by atoms with Crippen molar-refractivity contribution in [1.29, 1.82) is 0 Å². The highest BCUT2D eigenvalue weighted by atomic mass is 16.5. The van der Waals surface area contributed by atoms with Crippen LogP contribution < -0.4 is 5.73 Å². The minimum absolute atomic E-state index is 0.253. The van der Waals surface area contributed by atoms with Crippen LogP contribution in [0.4, 0.5) is 0 Å². The van der Waals surface area contributed by atoms with E-state index in [1.807, 2.05) is 30.3 Å². The number of carbonyl (C=O) groups excluding carboxylic acids is 1. The highest BCUT2D eigenvalue weighted by Crippen LogP contribution is 2.28. The first-order valence-corrected chi connectivity index (χ1v) is 6.96. The summed E-state index contributed by atoms with van der Waals surface area (Å²) in [6.07, 6.45) is 2.70. The van der Waals surface area contributed by atoms with E-state index in [1.165, 1.54) is 0 Å². The van der Waals surface area contributed by atoms with Crippen molar-refractivity contribution >= 4 is 11.9 Å². The fraction of sp³-hybridized carbons (Fsp3) is 0.375. The predicted molar refractivity (Wildman–Crippen MR) is 77.3 cm³/mol. The molecule has 0 radical (unpaired) electrons. The lowest BCUT2D eigenvalue weighted by atomic mass is 9.82. The van der Waals surface area contributed by atoms with Crippen LogP contribution in [0.1, 0.15) is 24.8 Å². The summed E-state index contributed by atoms with van der Waals surface area (Å²) in [6.45, 7) is 0.253. The molecule has 5 heteroatoms. The average molecular weight is 289 g/mol. The molecule has 3 N–H and O–H groups in total. The van der Waals surface area contributed by atoms with Gasteiger partial charge < -0.3 is 15.6 Å². The van der Waals surface area contributed by atoms with Crippen LogP contribution in [0.3, 0.4) is 0 Å². The molecule has 0 aromatic heterocycles. The van der Waals surface area contributed by atoms with E-state index in [4.69, 9.17) is 15.6 Å². The molecule has 0 amide bonds. The Morgan fingerprint density at radius 3 is 2.67 bits per heavy atom. The molecule has 21 heavy (non-hydrogen) atoms. The van der Waals surface area contributed by atoms with E-state index in [0.717, 1.165) is 11.6 Å². The second-order valence-electron chi connectivity index (χ2n) is 5.23. The third-order valence-electron chi connectivity index (χ3n) is 3.66. The topological polar surface area (TPSA) is 89.6 Å². The average Bonchev–Trinajstić information content (AvgIpc) is 2.47. The molecule has 1 aliphatic rings. The van der Waals surface area contributed by atoms with Crippen molar-refractivity contribution < 1.29 is 19.4 Å². The van der Waals surface area contributed by atoms with Gasteiger partial charge in [-0.2, -0.15) is 0 Å². The second kappa shape index (κ2) is 7.04. The molecule has 1 aliphatic carbocycles. The maximum atomic E-state index is 12.0. The zero-order chi connectivity index (χ0) is 15.2. The van der Waals surface area contributed by atoms with Crippen molar-refractivity contribution in [2.24, 2.45) is 11.7 Å². The van der Waals surface area contributed by atoms with Gasteiger partial charge >= 0.3 is 11.9 Å². The Bertz CT molecular complexity index is 538. The number of carboxylic acids is 1. The van der Waals surface area contributed by atoms with Crippen molar-refractivity contribution in [3.8, 4) is 0 Å². The normalized spacial score (nSPS) is 23.8. The summed E-state index contributed by atoms with van der Waals surface area (Å²) >= 11 is 0. The Balaban J connectivity index is 1.86. The van der Waals surface area contributed by atoms with E-state index in [9.17, 15) is 9.59 Å². The van der Waals surface area contributed by atoms with Gasteiger partial charge in [-0.3, -0.25) is 4.79 Å². The minimum atomic E-state index is -0.995. The molecule has 0 aliphatic heterocycles. The van der Waals surface area contributed by atoms with Crippen LogP contribution in [0, 0.1) is 5.92 Å². The lowest BCUT2D eigenvalue weighted by Gasteiger charge is -2.27. The zero-order valence-electron chi connectivity index (χ0n) is 11.7. The summed E-state index contributed by atoms with van der Waals surface area (Å²) in [6, 6.07) is 9.10. The third-order valence-corrected chi connectivity index (χ3v) is 3.66. The molecule has 0 saturated heterocycles. The van der Waals surface area contributed by atoms with Gasteiger partial charge in [0.05, 0.1) is 5.92 Å². The minimum Gasteiger partial charge on any atom is -0.478 e. The van der Waals surface area contributed by atoms with Crippen LogP contribution in [-0.2, 0) is 20.9 Å². The lowest BCUT2D eigenvalue weighted by Crippen LogP contribution is -2.34. The summed E-state index contributed by atoms with van der Waals surface area (Å²) in [5.41, 5.74) is 7.55. The van der Waals surface area contributed by atoms with E-state index >= 15 is 0 Å². The van der Waals surface area contributed by atoms with Crippen molar-refractivity contribution in [3.05, 3.63) is 47.5 Å². The van der Waals surface area contributed by atoms with Gasteiger partial charge in [0, 0.05) is 12.1 Å². The molecule has 2 rings (SSSR count). The number of ether oxygens (including phenoxy) is 1. The van der Waals surface area contributed by atoms with Gasteiger partial charge in [0.1, 0.15) is 6.61 Å². The van der Waals surface area contributed by atoms with Gasteiger partial charge in [-0.15, -0.1) is 0 Å². The fourth-order valence-corrected chi connectivity index (χ4v) is 2.50. The maximum absolute atomic E-state index is 12.0. The van der Waals surface area contributed by atoms with E-state index in [-0.39, 0.29) is 24.5 Å². The smallest absolute Gasteiger partial charge is 0.328 e. The lowest BCUT2D eigenvalue weighted by molar-refractivity contribution is -0.150. The largest absolute Gasteiger partial charge is 0.478 e. The van der Waals surface area contributed by atoms with Crippen LogP contribution in [0.2, 0.25) is 0 Å². The Kier molecular flexibility index (Phi) is 5.11. The third kappa shape index (κ3) is 4.43. The van der Waals surface area contributed by atoms with Crippen molar-refractivity contribution in [1.82, 2.24) is 0 Å². The maximum Gasteiger partial charge on any atom is 0.328 e. The molecule has 1 saturated carbocycles. The Morgan fingerprint density at radius 2 is 2.05 bits per heavy atom. The number of nitrogens with two attached hydrogens (primary N) is 1. The number of carboxylic acid groups (broad SMARTS) is 1. The molecule has 2 unspecified atom stereocenters. The van der Waals surface area contributed by atoms with Gasteiger partial charge in [0.25, 0.3) is 0 Å². The Hall–Kier alpha value is -2.14. The van der Waals surface area contributed by atoms with Gasteiger partial charge in [-0.25, -0.2) is 4.79 Å². The molecule has 1 fully saturated rings. The number of hydrogen-bond acceptors (Lipinski definition) is 4. The number of aliphatic carboxylic acids is 1. The number of hydrogen-bond donors (Lipinski definition) is 2. The summed E-state index contributed by atoms with van der Waals surface area (Å²) in [5, 5.41) is 8.75. The summed E-state index contributed by atoms with van der Waals surface area (Å²) in [5.74, 6) is -1.51. The van der Waals surface area contributed by atoms with E-state index < -0.39 is 5.97 Å². The highest BCUT2D eigenvalue weighted by molar-refractivity contribution is 5.81. The first-order valence-electron chi connectivity index (χ1n) is 6.96. The Labute approximate surface area is 123 Å². The predicted octanol–water partition coefficient (Wildman–Crippen LogP) is 1.87. The van der Waals surface area contributed by atoms with Gasteiger partial charge in [0.15, 0.2) is 0 Å². The SMILES string of the molecule is NC1CC(C(=O)OCc2ccccc2)CCC1=CC(=O)O. The monoisotopic (exact) mass is 289 g/mol. The van der Waals surface area contributed by atoms with Gasteiger partial charge in [0.2, 0.25) is 0 Å². The molecule has 0 bridgehead atoms. The number of carbonyl (C=O) groups is 2.